The minimum Gasteiger partial charge on any atom is -0.456 e. The molecule has 0 fully saturated rings. The van der Waals surface area contributed by atoms with Gasteiger partial charge in [0, 0.05) is 38.5 Å². The highest BCUT2D eigenvalue weighted by Crippen LogP contribution is 2.54. The molecule has 2 aliphatic rings. The molecule has 2 aliphatic carbocycles. The van der Waals surface area contributed by atoms with Crippen LogP contribution in [-0.2, 0) is 10.8 Å². The van der Waals surface area contributed by atoms with E-state index in [1.54, 1.807) is 0 Å². The Morgan fingerprint density at radius 3 is 1.81 bits per heavy atom. The van der Waals surface area contributed by atoms with Crippen molar-refractivity contribution in [3.8, 4) is 33.4 Å². The molecule has 8 aromatic carbocycles. The van der Waals surface area contributed by atoms with Crippen molar-refractivity contribution in [2.24, 2.45) is 0 Å². The molecule has 0 aliphatic heterocycles. The van der Waals surface area contributed by atoms with E-state index in [4.69, 9.17) is 4.42 Å². The molecule has 0 bridgehead atoms. The Balaban J connectivity index is 1.20. The van der Waals surface area contributed by atoms with E-state index in [-0.39, 0.29) is 10.8 Å². The van der Waals surface area contributed by atoms with Crippen LogP contribution >= 0.6 is 0 Å². The Labute approximate surface area is 315 Å². The number of benzene rings is 8. The van der Waals surface area contributed by atoms with Crippen molar-refractivity contribution in [2.75, 3.05) is 4.90 Å². The van der Waals surface area contributed by atoms with E-state index in [0.29, 0.717) is 0 Å². The van der Waals surface area contributed by atoms with Gasteiger partial charge >= 0.3 is 0 Å². The van der Waals surface area contributed by atoms with E-state index >= 15 is 0 Å². The van der Waals surface area contributed by atoms with Crippen LogP contribution in [0.5, 0.6) is 0 Å². The lowest BCUT2D eigenvalue weighted by Crippen LogP contribution is -2.17. The molecule has 0 spiro atoms. The fraction of sp³-hybridized carbons (Fsp3) is 0.115. The van der Waals surface area contributed by atoms with Crippen molar-refractivity contribution in [3.63, 3.8) is 0 Å². The predicted octanol–water partition coefficient (Wildman–Crippen LogP) is 14.5. The van der Waals surface area contributed by atoms with Gasteiger partial charge in [-0.15, -0.1) is 0 Å². The summed E-state index contributed by atoms with van der Waals surface area (Å²) in [7, 11) is 0. The maximum absolute atomic E-state index is 6.31. The molecule has 0 amide bonds. The summed E-state index contributed by atoms with van der Waals surface area (Å²) >= 11 is 0. The second-order valence-corrected chi connectivity index (χ2v) is 16.1. The number of hydrogen-bond donors (Lipinski definition) is 0. The smallest absolute Gasteiger partial charge is 0.135 e. The topological polar surface area (TPSA) is 16.4 Å². The largest absolute Gasteiger partial charge is 0.456 e. The van der Waals surface area contributed by atoms with Crippen LogP contribution in [0.2, 0.25) is 0 Å². The summed E-state index contributed by atoms with van der Waals surface area (Å²) < 4.78 is 6.31. The first-order valence-electron chi connectivity index (χ1n) is 19.0. The molecule has 9 aromatic rings. The highest BCUT2D eigenvalue weighted by atomic mass is 16.3. The van der Waals surface area contributed by atoms with E-state index in [0.717, 1.165) is 44.6 Å². The molecule has 0 saturated heterocycles. The van der Waals surface area contributed by atoms with Gasteiger partial charge in [0.2, 0.25) is 0 Å². The van der Waals surface area contributed by atoms with Crippen LogP contribution in [0.1, 0.15) is 49.9 Å². The lowest BCUT2D eigenvalue weighted by atomic mass is 9.82. The number of para-hydroxylation sites is 1. The van der Waals surface area contributed by atoms with E-state index in [1.165, 1.54) is 60.8 Å². The van der Waals surface area contributed by atoms with E-state index in [2.05, 4.69) is 190 Å². The molecule has 54 heavy (non-hydrogen) atoms. The Hall–Kier alpha value is -6.38. The van der Waals surface area contributed by atoms with Gasteiger partial charge in [-0.1, -0.05) is 143 Å². The van der Waals surface area contributed by atoms with Crippen LogP contribution in [0.3, 0.4) is 0 Å². The Morgan fingerprint density at radius 1 is 0.407 bits per heavy atom. The van der Waals surface area contributed by atoms with Gasteiger partial charge in [-0.25, -0.2) is 0 Å². The average Bonchev–Trinajstić information content (AvgIpc) is 3.77. The van der Waals surface area contributed by atoms with Crippen molar-refractivity contribution >= 4 is 49.8 Å². The number of fused-ring (bicyclic) bond motifs is 10. The Bertz CT molecular complexity index is 3010. The Kier molecular flexibility index (Phi) is 6.39. The van der Waals surface area contributed by atoms with Gasteiger partial charge < -0.3 is 9.32 Å². The first-order chi connectivity index (χ1) is 26.3. The van der Waals surface area contributed by atoms with Crippen LogP contribution in [0.25, 0.3) is 66.1 Å². The van der Waals surface area contributed by atoms with Crippen LogP contribution < -0.4 is 4.90 Å². The van der Waals surface area contributed by atoms with Crippen molar-refractivity contribution < 1.29 is 4.42 Å². The number of hydrogen-bond acceptors (Lipinski definition) is 2. The van der Waals surface area contributed by atoms with Crippen molar-refractivity contribution in [2.45, 2.75) is 38.5 Å². The molecule has 0 radical (unpaired) electrons. The molecule has 2 heteroatoms. The standard InChI is InChI=1S/C52H39NO/c1-51(2)44-19-11-8-16-38(44)41-30-34(24-26-45(41)51)53(35-23-25-39-37-15-7-10-18-43(37)52(3,4)46(39)31-35)47-27-21-32-13-5-6-14-36(32)50(47)33-22-28-49-42(29-33)40-17-9-12-20-48(40)54-49/h5-31H,1-4H3. The average molecular weight is 694 g/mol. The van der Waals surface area contributed by atoms with Gasteiger partial charge in [0.15, 0.2) is 0 Å². The molecule has 0 N–H and O–H groups in total. The molecule has 0 unspecified atom stereocenters. The van der Waals surface area contributed by atoms with Gasteiger partial charge in [0.25, 0.3) is 0 Å². The summed E-state index contributed by atoms with van der Waals surface area (Å²) in [6, 6.07) is 60.6. The third kappa shape index (κ3) is 4.28. The number of nitrogens with zero attached hydrogens (tertiary/aromatic N) is 1. The van der Waals surface area contributed by atoms with Crippen LogP contribution in [0.4, 0.5) is 17.1 Å². The van der Waals surface area contributed by atoms with E-state index < -0.39 is 0 Å². The fourth-order valence-electron chi connectivity index (χ4n) is 9.74. The third-order valence-corrected chi connectivity index (χ3v) is 12.5. The molecular weight excluding hydrogens is 655 g/mol. The third-order valence-electron chi connectivity index (χ3n) is 12.5. The quantitative estimate of drug-likeness (QED) is 0.182. The molecule has 258 valence electrons. The molecule has 1 heterocycles. The maximum atomic E-state index is 6.31. The summed E-state index contributed by atoms with van der Waals surface area (Å²) in [5.74, 6) is 0. The second-order valence-electron chi connectivity index (χ2n) is 16.1. The molecule has 11 rings (SSSR count). The number of rotatable bonds is 4. The molecule has 0 atom stereocenters. The lowest BCUT2D eigenvalue weighted by molar-refractivity contribution is 0.660. The summed E-state index contributed by atoms with van der Waals surface area (Å²) in [5, 5.41) is 4.69. The SMILES string of the molecule is CC1(C)c2ccccc2-c2cc(N(c3ccc4c(c3)C(C)(C)c3ccccc3-4)c3ccc4ccccc4c3-c3ccc4oc5ccccc5c4c3)ccc21. The minimum atomic E-state index is -0.131. The molecular formula is C52H39NO. The van der Waals surface area contributed by atoms with E-state index in [1.807, 2.05) is 6.07 Å². The Morgan fingerprint density at radius 2 is 1.00 bits per heavy atom. The van der Waals surface area contributed by atoms with Gasteiger partial charge in [-0.2, -0.15) is 0 Å². The highest BCUT2D eigenvalue weighted by Gasteiger charge is 2.38. The van der Waals surface area contributed by atoms with Crippen LogP contribution in [0, 0.1) is 0 Å². The normalized spacial score (nSPS) is 14.6. The van der Waals surface area contributed by atoms with E-state index in [9.17, 15) is 0 Å². The van der Waals surface area contributed by atoms with Crippen molar-refractivity contribution in [3.05, 3.63) is 186 Å². The van der Waals surface area contributed by atoms with Crippen molar-refractivity contribution in [1.82, 2.24) is 0 Å². The first kappa shape index (κ1) is 31.2. The monoisotopic (exact) mass is 693 g/mol. The predicted molar refractivity (Wildman–Crippen MR) is 226 cm³/mol. The van der Waals surface area contributed by atoms with Crippen molar-refractivity contribution in [1.29, 1.82) is 0 Å². The van der Waals surface area contributed by atoms with Crippen LogP contribution in [-0.4, -0.2) is 0 Å². The molecule has 2 nitrogen and oxygen atoms in total. The summed E-state index contributed by atoms with van der Waals surface area (Å²) in [4.78, 5) is 2.51. The second kappa shape index (κ2) is 11.1. The zero-order valence-electron chi connectivity index (χ0n) is 30.9. The molecule has 0 saturated carbocycles. The highest BCUT2D eigenvalue weighted by molar-refractivity contribution is 6.10. The zero-order valence-corrected chi connectivity index (χ0v) is 30.9. The number of anilines is 3. The fourth-order valence-corrected chi connectivity index (χ4v) is 9.74. The first-order valence-corrected chi connectivity index (χ1v) is 19.0. The summed E-state index contributed by atoms with van der Waals surface area (Å²) in [6.45, 7) is 9.44. The van der Waals surface area contributed by atoms with Gasteiger partial charge in [-0.3, -0.25) is 0 Å². The minimum absolute atomic E-state index is 0.0739. The maximum Gasteiger partial charge on any atom is 0.135 e. The van der Waals surface area contributed by atoms with Gasteiger partial charge in [0.1, 0.15) is 11.2 Å². The molecule has 1 aromatic heterocycles. The van der Waals surface area contributed by atoms with Gasteiger partial charge in [-0.05, 0) is 109 Å². The van der Waals surface area contributed by atoms with Gasteiger partial charge in [0.05, 0.1) is 5.69 Å². The number of furan rings is 1. The summed E-state index contributed by atoms with van der Waals surface area (Å²) in [5.41, 5.74) is 18.2. The van der Waals surface area contributed by atoms with Crippen LogP contribution in [0.15, 0.2) is 168 Å². The zero-order chi connectivity index (χ0) is 36.3. The lowest BCUT2D eigenvalue weighted by Gasteiger charge is -2.31. The summed E-state index contributed by atoms with van der Waals surface area (Å²) in [6.07, 6.45) is 0.